The van der Waals surface area contributed by atoms with Gasteiger partial charge in [-0.2, -0.15) is 0 Å². The number of nitrogens with one attached hydrogen (secondary N) is 1. The van der Waals surface area contributed by atoms with E-state index in [9.17, 15) is 18.0 Å². The van der Waals surface area contributed by atoms with E-state index in [4.69, 9.17) is 22.1 Å². The second-order valence-corrected chi connectivity index (χ2v) is 9.43. The van der Waals surface area contributed by atoms with Gasteiger partial charge in [0.1, 0.15) is 5.75 Å². The Morgan fingerprint density at radius 3 is 2.55 bits per heavy atom. The molecule has 1 aromatic heterocycles. The fraction of sp³-hybridized carbons (Fsp3) is 0.167. The van der Waals surface area contributed by atoms with E-state index >= 15 is 0 Å². The van der Waals surface area contributed by atoms with Crippen LogP contribution >= 0.6 is 22.9 Å². The van der Waals surface area contributed by atoms with Gasteiger partial charge in [-0.1, -0.05) is 22.9 Å². The maximum absolute atomic E-state index is 12.7. The first-order chi connectivity index (χ1) is 13.6. The number of nitrogens with two attached hydrogens (primary N) is 1. The highest BCUT2D eigenvalue weighted by atomic mass is 35.5. The van der Waals surface area contributed by atoms with Crippen LogP contribution in [0, 0.1) is 0 Å². The molecule has 0 radical (unpaired) electrons. The molecule has 3 rings (SSSR count). The lowest BCUT2D eigenvalue weighted by atomic mass is 10.1. The number of carbonyl (C=O) groups is 2. The van der Waals surface area contributed by atoms with E-state index in [1.54, 1.807) is 13.0 Å². The van der Waals surface area contributed by atoms with Crippen LogP contribution in [0.3, 0.4) is 0 Å². The van der Waals surface area contributed by atoms with Gasteiger partial charge < -0.3 is 10.5 Å². The molecule has 0 unspecified atom stereocenters. The molecule has 0 bridgehead atoms. The monoisotopic (exact) mass is 453 g/mol. The third-order valence-corrected chi connectivity index (χ3v) is 6.33. The van der Waals surface area contributed by atoms with E-state index in [1.165, 1.54) is 24.3 Å². The van der Waals surface area contributed by atoms with Crippen LogP contribution in [0.15, 0.2) is 35.2 Å². The summed E-state index contributed by atoms with van der Waals surface area (Å²) < 4.78 is 29.4. The summed E-state index contributed by atoms with van der Waals surface area (Å²) in [6.45, 7) is 2.08. The van der Waals surface area contributed by atoms with Gasteiger partial charge in [0.25, 0.3) is 5.91 Å². The molecule has 0 aliphatic carbocycles. The highest BCUT2D eigenvalue weighted by Crippen LogP contribution is 2.31. The van der Waals surface area contributed by atoms with E-state index in [1.807, 2.05) is 0 Å². The fourth-order valence-electron chi connectivity index (χ4n) is 2.55. The van der Waals surface area contributed by atoms with Crippen molar-refractivity contribution in [1.82, 2.24) is 4.98 Å². The van der Waals surface area contributed by atoms with Crippen molar-refractivity contribution < 1.29 is 22.7 Å². The van der Waals surface area contributed by atoms with Crippen LogP contribution in [-0.4, -0.2) is 38.1 Å². The van der Waals surface area contributed by atoms with Gasteiger partial charge in [-0.3, -0.25) is 14.9 Å². The third kappa shape index (κ3) is 4.50. The van der Waals surface area contributed by atoms with Gasteiger partial charge in [0.05, 0.1) is 37.9 Å². The summed E-state index contributed by atoms with van der Waals surface area (Å²) in [6, 6.07) is 7.28. The van der Waals surface area contributed by atoms with Crippen LogP contribution in [-0.2, 0) is 9.84 Å². The van der Waals surface area contributed by atoms with Gasteiger partial charge in [0.2, 0.25) is 5.91 Å². The Hall–Kier alpha value is -2.69. The topological polar surface area (TPSA) is 128 Å². The van der Waals surface area contributed by atoms with Crippen LogP contribution < -0.4 is 15.8 Å². The van der Waals surface area contributed by atoms with Crippen LogP contribution in [0.25, 0.3) is 10.2 Å². The second-order valence-electron chi connectivity index (χ2n) is 6.00. The minimum Gasteiger partial charge on any atom is -0.494 e. The van der Waals surface area contributed by atoms with E-state index in [0.717, 1.165) is 17.6 Å². The summed E-state index contributed by atoms with van der Waals surface area (Å²) in [7, 11) is -3.36. The SMILES string of the molecule is CCOc1cc(C(N)=O)c(Cl)c(C(=O)Nc2nc3ccc(S(C)(=O)=O)cc3s2)c1. The summed E-state index contributed by atoms with van der Waals surface area (Å²) in [5, 5.41) is 2.76. The number of fused-ring (bicyclic) bond motifs is 1. The van der Waals surface area contributed by atoms with E-state index in [0.29, 0.717) is 16.8 Å². The smallest absolute Gasteiger partial charge is 0.259 e. The number of hydrogen-bond donors (Lipinski definition) is 2. The lowest BCUT2D eigenvalue weighted by Crippen LogP contribution is -2.17. The zero-order valence-electron chi connectivity index (χ0n) is 15.4. The molecule has 0 aliphatic heterocycles. The molecular formula is C18H16ClN3O5S2. The number of aromatic nitrogens is 1. The Morgan fingerprint density at radius 2 is 1.93 bits per heavy atom. The second kappa shape index (κ2) is 7.97. The molecule has 29 heavy (non-hydrogen) atoms. The number of carbonyl (C=O) groups excluding carboxylic acids is 2. The average molecular weight is 454 g/mol. The minimum atomic E-state index is -3.36. The Kier molecular flexibility index (Phi) is 5.78. The maximum atomic E-state index is 12.7. The molecule has 0 fully saturated rings. The third-order valence-electron chi connectivity index (χ3n) is 3.88. The predicted molar refractivity (Wildman–Crippen MR) is 112 cm³/mol. The maximum Gasteiger partial charge on any atom is 0.259 e. The summed E-state index contributed by atoms with van der Waals surface area (Å²) in [5.41, 5.74) is 5.83. The molecule has 0 aliphatic rings. The van der Waals surface area contributed by atoms with Gasteiger partial charge in [-0.25, -0.2) is 13.4 Å². The summed E-state index contributed by atoms with van der Waals surface area (Å²) in [4.78, 5) is 28.8. The van der Waals surface area contributed by atoms with Gasteiger partial charge >= 0.3 is 0 Å². The highest BCUT2D eigenvalue weighted by Gasteiger charge is 2.20. The Morgan fingerprint density at radius 1 is 1.24 bits per heavy atom. The lowest BCUT2D eigenvalue weighted by molar-refractivity contribution is 0.1000. The summed E-state index contributed by atoms with van der Waals surface area (Å²) in [5.74, 6) is -1.13. The van der Waals surface area contributed by atoms with E-state index in [2.05, 4.69) is 10.3 Å². The predicted octanol–water partition coefficient (Wildman–Crippen LogP) is 3.10. The molecule has 1 heterocycles. The first-order valence-electron chi connectivity index (χ1n) is 8.28. The van der Waals surface area contributed by atoms with Crippen LogP contribution in [0.2, 0.25) is 5.02 Å². The van der Waals surface area contributed by atoms with E-state index < -0.39 is 21.7 Å². The number of amides is 2. The van der Waals surface area contributed by atoms with Gasteiger partial charge in [-0.15, -0.1) is 0 Å². The lowest BCUT2D eigenvalue weighted by Gasteiger charge is -2.11. The first kappa shape index (κ1) is 21.0. The number of primary amides is 1. The first-order valence-corrected chi connectivity index (χ1v) is 11.4. The minimum absolute atomic E-state index is 0.00231. The number of rotatable bonds is 6. The molecular weight excluding hydrogens is 438 g/mol. The van der Waals surface area contributed by atoms with Crippen LogP contribution in [0.1, 0.15) is 27.6 Å². The zero-order chi connectivity index (χ0) is 21.3. The van der Waals surface area contributed by atoms with Crippen molar-refractivity contribution in [2.75, 3.05) is 18.2 Å². The van der Waals surface area contributed by atoms with Gasteiger partial charge in [-0.05, 0) is 37.3 Å². The molecule has 2 aromatic carbocycles. The van der Waals surface area contributed by atoms with Crippen LogP contribution in [0.5, 0.6) is 5.75 Å². The standard InChI is InChI=1S/C18H16ClN3O5S2/c1-3-27-9-6-11(16(20)23)15(19)12(7-9)17(24)22-18-21-13-5-4-10(29(2,25)26)8-14(13)28-18/h4-8H,3H2,1-2H3,(H2,20,23)(H,21,22,24). The molecule has 0 saturated carbocycles. The van der Waals surface area contributed by atoms with E-state index in [-0.39, 0.29) is 31.9 Å². The molecule has 0 atom stereocenters. The van der Waals surface area contributed by atoms with Crippen molar-refractivity contribution in [3.63, 3.8) is 0 Å². The molecule has 8 nitrogen and oxygen atoms in total. The highest BCUT2D eigenvalue weighted by molar-refractivity contribution is 7.90. The van der Waals surface area contributed by atoms with Crippen molar-refractivity contribution in [1.29, 1.82) is 0 Å². The number of anilines is 1. The number of halogens is 1. The number of hydrogen-bond acceptors (Lipinski definition) is 7. The molecule has 2 amide bonds. The number of benzene rings is 2. The number of sulfone groups is 1. The van der Waals surface area contributed by atoms with Crippen LogP contribution in [0.4, 0.5) is 5.13 Å². The van der Waals surface area contributed by atoms with Crippen molar-refractivity contribution in [2.24, 2.45) is 5.73 Å². The molecule has 0 spiro atoms. The molecule has 0 saturated heterocycles. The Bertz CT molecular complexity index is 1240. The van der Waals surface area contributed by atoms with Crippen molar-refractivity contribution >= 4 is 59.9 Å². The largest absolute Gasteiger partial charge is 0.494 e. The average Bonchev–Trinajstić information content (AvgIpc) is 3.03. The van der Waals surface area contributed by atoms with Gasteiger partial charge in [0, 0.05) is 6.26 Å². The molecule has 152 valence electrons. The number of nitrogens with zero attached hydrogens (tertiary/aromatic N) is 1. The van der Waals surface area contributed by atoms with Gasteiger partial charge in [0.15, 0.2) is 15.0 Å². The summed E-state index contributed by atoms with van der Waals surface area (Å²) >= 11 is 7.29. The van der Waals surface area contributed by atoms with Crippen molar-refractivity contribution in [2.45, 2.75) is 11.8 Å². The number of ether oxygens (including phenoxy) is 1. The quantitative estimate of drug-likeness (QED) is 0.590. The number of thiazole rings is 1. The Balaban J connectivity index is 1.96. The van der Waals surface area contributed by atoms with Crippen molar-refractivity contribution in [3.05, 3.63) is 46.5 Å². The molecule has 11 heteroatoms. The summed E-state index contributed by atoms with van der Waals surface area (Å²) in [6.07, 6.45) is 1.11. The fourth-order valence-corrected chi connectivity index (χ4v) is 4.46. The normalized spacial score (nSPS) is 11.4. The molecule has 3 N–H and O–H groups in total. The zero-order valence-corrected chi connectivity index (χ0v) is 17.7. The molecule has 3 aromatic rings. The van der Waals surface area contributed by atoms with Crippen molar-refractivity contribution in [3.8, 4) is 5.75 Å². The Labute approximate surface area is 175 Å².